The summed E-state index contributed by atoms with van der Waals surface area (Å²) in [7, 11) is 3.28. The Morgan fingerprint density at radius 3 is 2.68 bits per heavy atom. The molecule has 2 rings (SSSR count). The van der Waals surface area contributed by atoms with Crippen molar-refractivity contribution in [1.29, 1.82) is 0 Å². The third-order valence-corrected chi connectivity index (χ3v) is 2.98. The molecule has 0 aliphatic rings. The summed E-state index contributed by atoms with van der Waals surface area (Å²) in [5.74, 6) is 2.42. The Labute approximate surface area is 113 Å². The van der Waals surface area contributed by atoms with Gasteiger partial charge in [-0.1, -0.05) is 0 Å². The van der Waals surface area contributed by atoms with Crippen LogP contribution in [0.3, 0.4) is 0 Å². The van der Waals surface area contributed by atoms with Crippen molar-refractivity contribution < 1.29 is 9.47 Å². The minimum absolute atomic E-state index is 0.593. The molecule has 1 aromatic carbocycles. The molecule has 0 aliphatic heterocycles. The Morgan fingerprint density at radius 2 is 2.05 bits per heavy atom. The van der Waals surface area contributed by atoms with Gasteiger partial charge in [0.2, 0.25) is 0 Å². The van der Waals surface area contributed by atoms with Crippen LogP contribution in [-0.4, -0.2) is 30.3 Å². The summed E-state index contributed by atoms with van der Waals surface area (Å²) < 4.78 is 12.6. The van der Waals surface area contributed by atoms with Crippen molar-refractivity contribution in [2.24, 2.45) is 5.73 Å². The van der Waals surface area contributed by atoms with Gasteiger partial charge in [-0.3, -0.25) is 0 Å². The van der Waals surface area contributed by atoms with Crippen LogP contribution in [0.2, 0.25) is 0 Å². The van der Waals surface area contributed by atoms with Gasteiger partial charge in [0.25, 0.3) is 0 Å². The minimum Gasteiger partial charge on any atom is -0.497 e. The van der Waals surface area contributed by atoms with Crippen LogP contribution in [0.1, 0.15) is 11.5 Å². The average Bonchev–Trinajstić information content (AvgIpc) is 2.79. The molecule has 0 amide bonds. The van der Waals surface area contributed by atoms with E-state index in [9.17, 15) is 0 Å². The molecule has 102 valence electrons. The summed E-state index contributed by atoms with van der Waals surface area (Å²) in [6.45, 7) is 2.56. The SMILES string of the molecule is COc1ccc(-n2cc(CCN)nc2C)c(OC)c1. The summed E-state index contributed by atoms with van der Waals surface area (Å²) >= 11 is 0. The molecule has 1 aromatic heterocycles. The first-order chi connectivity index (χ1) is 9.19. The first kappa shape index (κ1) is 13.4. The van der Waals surface area contributed by atoms with Crippen LogP contribution < -0.4 is 15.2 Å². The summed E-state index contributed by atoms with van der Waals surface area (Å²) in [4.78, 5) is 4.49. The highest BCUT2D eigenvalue weighted by molar-refractivity contribution is 5.51. The van der Waals surface area contributed by atoms with E-state index in [1.165, 1.54) is 0 Å². The lowest BCUT2D eigenvalue weighted by Gasteiger charge is -2.12. The molecule has 0 unspecified atom stereocenters. The Morgan fingerprint density at radius 1 is 1.26 bits per heavy atom. The maximum Gasteiger partial charge on any atom is 0.146 e. The Bertz CT molecular complexity index is 564. The number of nitrogens with zero attached hydrogens (tertiary/aromatic N) is 2. The maximum absolute atomic E-state index is 5.56. The number of methoxy groups -OCH3 is 2. The van der Waals surface area contributed by atoms with Crippen molar-refractivity contribution in [2.45, 2.75) is 13.3 Å². The molecule has 19 heavy (non-hydrogen) atoms. The van der Waals surface area contributed by atoms with Crippen molar-refractivity contribution in [1.82, 2.24) is 9.55 Å². The van der Waals surface area contributed by atoms with Crippen LogP contribution in [-0.2, 0) is 6.42 Å². The highest BCUT2D eigenvalue weighted by atomic mass is 16.5. The van der Waals surface area contributed by atoms with E-state index >= 15 is 0 Å². The summed E-state index contributed by atoms with van der Waals surface area (Å²) in [6.07, 6.45) is 2.76. The summed E-state index contributed by atoms with van der Waals surface area (Å²) in [5, 5.41) is 0. The monoisotopic (exact) mass is 261 g/mol. The fraction of sp³-hybridized carbons (Fsp3) is 0.357. The second kappa shape index (κ2) is 5.75. The molecule has 0 bridgehead atoms. The topological polar surface area (TPSA) is 62.3 Å². The molecular formula is C14H19N3O2. The number of hydrogen-bond donors (Lipinski definition) is 1. The van der Waals surface area contributed by atoms with Gasteiger partial charge >= 0.3 is 0 Å². The van der Waals surface area contributed by atoms with E-state index in [-0.39, 0.29) is 0 Å². The highest BCUT2D eigenvalue weighted by Crippen LogP contribution is 2.28. The van der Waals surface area contributed by atoms with Crippen molar-refractivity contribution in [3.8, 4) is 17.2 Å². The highest BCUT2D eigenvalue weighted by Gasteiger charge is 2.11. The van der Waals surface area contributed by atoms with Crippen LogP contribution in [0.15, 0.2) is 24.4 Å². The predicted octanol–water partition coefficient (Wildman–Crippen LogP) is 1.70. The molecule has 2 aromatic rings. The lowest BCUT2D eigenvalue weighted by atomic mass is 10.2. The van der Waals surface area contributed by atoms with Crippen molar-refractivity contribution >= 4 is 0 Å². The number of benzene rings is 1. The normalized spacial score (nSPS) is 10.5. The second-order valence-corrected chi connectivity index (χ2v) is 4.23. The molecule has 0 fully saturated rings. The fourth-order valence-electron chi connectivity index (χ4n) is 2.03. The van der Waals surface area contributed by atoms with Crippen LogP contribution in [0, 0.1) is 6.92 Å². The lowest BCUT2D eigenvalue weighted by Crippen LogP contribution is -2.02. The number of imidazole rings is 1. The van der Waals surface area contributed by atoms with Crippen molar-refractivity contribution in [2.75, 3.05) is 20.8 Å². The van der Waals surface area contributed by atoms with Crippen LogP contribution in [0.25, 0.3) is 5.69 Å². The van der Waals surface area contributed by atoms with Crippen LogP contribution in [0.5, 0.6) is 11.5 Å². The van der Waals surface area contributed by atoms with E-state index in [1.54, 1.807) is 14.2 Å². The molecule has 0 saturated carbocycles. The van der Waals surface area contributed by atoms with E-state index in [1.807, 2.05) is 35.9 Å². The predicted molar refractivity (Wildman–Crippen MR) is 74.2 cm³/mol. The number of rotatable bonds is 5. The smallest absolute Gasteiger partial charge is 0.146 e. The number of ether oxygens (including phenoxy) is 2. The molecule has 2 N–H and O–H groups in total. The quantitative estimate of drug-likeness (QED) is 0.889. The number of nitrogens with two attached hydrogens (primary N) is 1. The van der Waals surface area contributed by atoms with Gasteiger partial charge in [0.05, 0.1) is 25.6 Å². The molecule has 5 heteroatoms. The van der Waals surface area contributed by atoms with Gasteiger partial charge in [0, 0.05) is 18.7 Å². The van der Waals surface area contributed by atoms with E-state index in [2.05, 4.69) is 4.98 Å². The Balaban J connectivity index is 2.45. The standard InChI is InChI=1S/C14H19N3O2/c1-10-16-11(6-7-15)9-17(10)13-5-4-12(18-2)8-14(13)19-3/h4-5,8-9H,6-7,15H2,1-3H3. The zero-order valence-electron chi connectivity index (χ0n) is 11.5. The molecule has 0 spiro atoms. The lowest BCUT2D eigenvalue weighted by molar-refractivity contribution is 0.393. The average molecular weight is 261 g/mol. The largest absolute Gasteiger partial charge is 0.497 e. The third-order valence-electron chi connectivity index (χ3n) is 2.98. The zero-order valence-corrected chi connectivity index (χ0v) is 11.5. The second-order valence-electron chi connectivity index (χ2n) is 4.23. The molecule has 0 radical (unpaired) electrons. The van der Waals surface area contributed by atoms with E-state index < -0.39 is 0 Å². The van der Waals surface area contributed by atoms with Gasteiger partial charge in [-0.2, -0.15) is 0 Å². The van der Waals surface area contributed by atoms with Gasteiger partial charge in [-0.05, 0) is 25.6 Å². The first-order valence-electron chi connectivity index (χ1n) is 6.17. The molecule has 0 aliphatic carbocycles. The molecule has 0 atom stereocenters. The summed E-state index contributed by atoms with van der Waals surface area (Å²) in [6, 6.07) is 5.72. The Kier molecular flexibility index (Phi) is 4.06. The number of hydrogen-bond acceptors (Lipinski definition) is 4. The van der Waals surface area contributed by atoms with Crippen molar-refractivity contribution in [3.63, 3.8) is 0 Å². The minimum atomic E-state index is 0.593. The van der Waals surface area contributed by atoms with E-state index in [0.29, 0.717) is 6.54 Å². The molecule has 0 saturated heterocycles. The number of aromatic nitrogens is 2. The van der Waals surface area contributed by atoms with Gasteiger partial charge in [-0.15, -0.1) is 0 Å². The van der Waals surface area contributed by atoms with Gasteiger partial charge in [0.1, 0.15) is 17.3 Å². The first-order valence-corrected chi connectivity index (χ1v) is 6.17. The Hall–Kier alpha value is -2.01. The summed E-state index contributed by atoms with van der Waals surface area (Å²) in [5.41, 5.74) is 7.49. The van der Waals surface area contributed by atoms with Crippen LogP contribution >= 0.6 is 0 Å². The molecule has 5 nitrogen and oxygen atoms in total. The van der Waals surface area contributed by atoms with Gasteiger partial charge in [-0.25, -0.2) is 4.98 Å². The van der Waals surface area contributed by atoms with E-state index in [0.717, 1.165) is 35.1 Å². The van der Waals surface area contributed by atoms with Crippen LogP contribution in [0.4, 0.5) is 0 Å². The third kappa shape index (κ3) is 2.71. The maximum atomic E-state index is 5.56. The molecular weight excluding hydrogens is 242 g/mol. The van der Waals surface area contributed by atoms with Crippen molar-refractivity contribution in [3.05, 3.63) is 35.9 Å². The van der Waals surface area contributed by atoms with E-state index in [4.69, 9.17) is 15.2 Å². The van der Waals surface area contributed by atoms with Gasteiger partial charge in [0.15, 0.2) is 0 Å². The zero-order chi connectivity index (χ0) is 13.8. The van der Waals surface area contributed by atoms with Gasteiger partial charge < -0.3 is 19.8 Å². The number of aryl methyl sites for hydroxylation is 1. The fourth-order valence-corrected chi connectivity index (χ4v) is 2.03. The molecule has 1 heterocycles.